The van der Waals surface area contributed by atoms with Crippen LogP contribution in [0.5, 0.6) is 0 Å². The molecular weight excluding hydrogens is 232 g/mol. The molecule has 0 N–H and O–H groups in total. The van der Waals surface area contributed by atoms with Crippen LogP contribution in [0.25, 0.3) is 0 Å². The normalized spacial score (nSPS) is 53.3. The van der Waals surface area contributed by atoms with Crippen LogP contribution in [0.1, 0.15) is 71.1 Å². The summed E-state index contributed by atoms with van der Waals surface area (Å²) in [6.45, 7) is 2.58. The summed E-state index contributed by atoms with van der Waals surface area (Å²) < 4.78 is 0. The molecule has 1 heteroatoms. The second kappa shape index (κ2) is 4.33. The van der Waals surface area contributed by atoms with Crippen LogP contribution in [-0.4, -0.2) is 5.78 Å². The van der Waals surface area contributed by atoms with Gasteiger partial charge in [0.05, 0.1) is 0 Å². The molecule has 0 aliphatic heterocycles. The molecule has 0 radical (unpaired) electrons. The van der Waals surface area contributed by atoms with Crippen molar-refractivity contribution in [1.29, 1.82) is 0 Å². The zero-order valence-electron chi connectivity index (χ0n) is 12.4. The van der Waals surface area contributed by atoms with E-state index >= 15 is 0 Å². The SMILES string of the molecule is CC12CCCC1C1CCC3CC(=O)CCC3C1CC2. The Bertz CT molecular complexity index is 387. The second-order valence-corrected chi connectivity index (χ2v) is 8.30. The molecule has 0 aromatic carbocycles. The fourth-order valence-corrected chi connectivity index (χ4v) is 6.65. The summed E-state index contributed by atoms with van der Waals surface area (Å²) in [6.07, 6.45) is 13.3. The van der Waals surface area contributed by atoms with Gasteiger partial charge in [-0.2, -0.15) is 0 Å². The second-order valence-electron chi connectivity index (χ2n) is 8.30. The minimum absolute atomic E-state index is 0.557. The van der Waals surface area contributed by atoms with Crippen molar-refractivity contribution < 1.29 is 4.79 Å². The Morgan fingerprint density at radius 3 is 2.74 bits per heavy atom. The van der Waals surface area contributed by atoms with E-state index in [4.69, 9.17) is 0 Å². The van der Waals surface area contributed by atoms with Crippen LogP contribution in [0, 0.1) is 35.0 Å². The maximum absolute atomic E-state index is 11.7. The summed E-state index contributed by atoms with van der Waals surface area (Å²) in [6, 6.07) is 0. The van der Waals surface area contributed by atoms with Gasteiger partial charge in [0.15, 0.2) is 0 Å². The number of ketones is 1. The van der Waals surface area contributed by atoms with Gasteiger partial charge in [0.25, 0.3) is 0 Å². The highest BCUT2D eigenvalue weighted by Crippen LogP contribution is 2.62. The molecule has 0 spiro atoms. The predicted molar refractivity (Wildman–Crippen MR) is 76.7 cm³/mol. The molecule has 4 rings (SSSR count). The van der Waals surface area contributed by atoms with E-state index in [0.29, 0.717) is 11.2 Å². The summed E-state index contributed by atoms with van der Waals surface area (Å²) in [7, 11) is 0. The highest BCUT2D eigenvalue weighted by Gasteiger charge is 2.53. The first-order valence-corrected chi connectivity index (χ1v) is 8.69. The first-order chi connectivity index (χ1) is 9.17. The van der Waals surface area contributed by atoms with Crippen molar-refractivity contribution in [2.75, 3.05) is 0 Å². The van der Waals surface area contributed by atoms with Gasteiger partial charge in [0.2, 0.25) is 0 Å². The first-order valence-electron chi connectivity index (χ1n) is 8.69. The number of rotatable bonds is 0. The highest BCUT2D eigenvalue weighted by molar-refractivity contribution is 5.79. The van der Waals surface area contributed by atoms with E-state index in [2.05, 4.69) is 6.92 Å². The smallest absolute Gasteiger partial charge is 0.133 e. The van der Waals surface area contributed by atoms with E-state index in [-0.39, 0.29) is 0 Å². The van der Waals surface area contributed by atoms with Crippen molar-refractivity contribution in [3.63, 3.8) is 0 Å². The highest BCUT2D eigenvalue weighted by atomic mass is 16.1. The lowest BCUT2D eigenvalue weighted by molar-refractivity contribution is -0.127. The van der Waals surface area contributed by atoms with Crippen LogP contribution in [0.2, 0.25) is 0 Å². The van der Waals surface area contributed by atoms with E-state index < -0.39 is 0 Å². The van der Waals surface area contributed by atoms with Gasteiger partial charge in [-0.15, -0.1) is 0 Å². The minimum Gasteiger partial charge on any atom is -0.300 e. The molecule has 4 aliphatic carbocycles. The molecule has 0 aromatic heterocycles. The molecule has 0 heterocycles. The van der Waals surface area contributed by atoms with Gasteiger partial charge in [-0.25, -0.2) is 0 Å². The molecule has 0 amide bonds. The zero-order chi connectivity index (χ0) is 13.0. The summed E-state index contributed by atoms with van der Waals surface area (Å²) in [5, 5.41) is 0. The fraction of sp³-hybridized carbons (Fsp3) is 0.944. The summed E-state index contributed by atoms with van der Waals surface area (Å²) in [5.41, 5.74) is 0.693. The van der Waals surface area contributed by atoms with Crippen molar-refractivity contribution in [3.05, 3.63) is 0 Å². The third kappa shape index (κ3) is 1.83. The largest absolute Gasteiger partial charge is 0.300 e. The quantitative estimate of drug-likeness (QED) is 0.622. The van der Waals surface area contributed by atoms with Crippen LogP contribution >= 0.6 is 0 Å². The fourth-order valence-electron chi connectivity index (χ4n) is 6.65. The van der Waals surface area contributed by atoms with Crippen molar-refractivity contribution in [1.82, 2.24) is 0 Å². The van der Waals surface area contributed by atoms with Crippen LogP contribution in [0.15, 0.2) is 0 Å². The lowest BCUT2D eigenvalue weighted by Crippen LogP contribution is -2.47. The number of hydrogen-bond acceptors (Lipinski definition) is 1. The molecule has 0 saturated heterocycles. The molecule has 4 aliphatic rings. The third-order valence-corrected chi connectivity index (χ3v) is 7.55. The Balaban J connectivity index is 1.58. The topological polar surface area (TPSA) is 17.1 Å². The zero-order valence-corrected chi connectivity index (χ0v) is 12.4. The Morgan fingerprint density at radius 1 is 0.947 bits per heavy atom. The minimum atomic E-state index is 0.557. The monoisotopic (exact) mass is 260 g/mol. The molecular formula is C18H28O. The van der Waals surface area contributed by atoms with Gasteiger partial charge in [0, 0.05) is 12.8 Å². The van der Waals surface area contributed by atoms with E-state index in [9.17, 15) is 4.79 Å². The van der Waals surface area contributed by atoms with Crippen molar-refractivity contribution in [2.24, 2.45) is 35.0 Å². The lowest BCUT2D eigenvalue weighted by Gasteiger charge is -2.54. The number of carbonyl (C=O) groups is 1. The van der Waals surface area contributed by atoms with Gasteiger partial charge >= 0.3 is 0 Å². The molecule has 1 nitrogen and oxygen atoms in total. The Labute approximate surface area is 117 Å². The summed E-state index contributed by atoms with van der Waals surface area (Å²) in [5.74, 6) is 5.29. The van der Waals surface area contributed by atoms with Crippen molar-refractivity contribution >= 4 is 5.78 Å². The molecule has 4 saturated carbocycles. The van der Waals surface area contributed by atoms with E-state index in [1.807, 2.05) is 0 Å². The predicted octanol–water partition coefficient (Wildman–Crippen LogP) is 4.60. The van der Waals surface area contributed by atoms with Crippen LogP contribution in [-0.2, 0) is 4.79 Å². The maximum atomic E-state index is 11.7. The number of carbonyl (C=O) groups excluding carboxylic acids is 1. The maximum Gasteiger partial charge on any atom is 0.133 e. The number of fused-ring (bicyclic) bond motifs is 5. The third-order valence-electron chi connectivity index (χ3n) is 7.55. The number of Topliss-reactive ketones (excluding diaryl/α,β-unsaturated/α-hetero) is 1. The Kier molecular flexibility index (Phi) is 2.83. The van der Waals surface area contributed by atoms with E-state index in [1.165, 1.54) is 51.4 Å². The van der Waals surface area contributed by atoms with E-state index in [1.54, 1.807) is 0 Å². The molecule has 6 unspecified atom stereocenters. The average molecular weight is 260 g/mol. The van der Waals surface area contributed by atoms with Crippen LogP contribution in [0.4, 0.5) is 0 Å². The van der Waals surface area contributed by atoms with Gasteiger partial charge in [-0.05, 0) is 80.0 Å². The summed E-state index contributed by atoms with van der Waals surface area (Å²) >= 11 is 0. The molecule has 19 heavy (non-hydrogen) atoms. The van der Waals surface area contributed by atoms with Crippen molar-refractivity contribution in [3.8, 4) is 0 Å². The van der Waals surface area contributed by atoms with Crippen LogP contribution < -0.4 is 0 Å². The van der Waals surface area contributed by atoms with Gasteiger partial charge in [-0.3, -0.25) is 4.79 Å². The van der Waals surface area contributed by atoms with Crippen LogP contribution in [0.3, 0.4) is 0 Å². The molecule has 4 fully saturated rings. The first kappa shape index (κ1) is 12.4. The average Bonchev–Trinajstić information content (AvgIpc) is 2.79. The summed E-state index contributed by atoms with van der Waals surface area (Å²) in [4.78, 5) is 11.7. The Hall–Kier alpha value is -0.330. The van der Waals surface area contributed by atoms with Gasteiger partial charge in [-0.1, -0.05) is 13.3 Å². The molecule has 0 aromatic rings. The van der Waals surface area contributed by atoms with Crippen molar-refractivity contribution in [2.45, 2.75) is 71.1 Å². The Morgan fingerprint density at radius 2 is 1.84 bits per heavy atom. The molecule has 0 bridgehead atoms. The lowest BCUT2D eigenvalue weighted by atomic mass is 9.51. The van der Waals surface area contributed by atoms with E-state index in [0.717, 1.165) is 42.4 Å². The van der Waals surface area contributed by atoms with Gasteiger partial charge < -0.3 is 0 Å². The molecule has 106 valence electrons. The van der Waals surface area contributed by atoms with Gasteiger partial charge in [0.1, 0.15) is 5.78 Å². The number of hydrogen-bond donors (Lipinski definition) is 0. The molecule has 6 atom stereocenters. The standard InChI is InChI=1S/C18H28O/c1-18-9-2-3-17(18)16-6-4-12-11-13(19)5-7-14(12)15(16)8-10-18/h12,14-17H,2-11H2,1H3.